The third-order valence-electron chi connectivity index (χ3n) is 3.20. The molecule has 1 heterocycles. The Morgan fingerprint density at radius 1 is 1.30 bits per heavy atom. The Hall–Kier alpha value is -2.06. The summed E-state index contributed by atoms with van der Waals surface area (Å²) in [6.45, 7) is 1.06. The minimum absolute atomic E-state index is 0.0310. The number of hydrogen-bond acceptors (Lipinski definition) is 6. The molecule has 0 aliphatic rings. The van der Waals surface area contributed by atoms with Crippen LogP contribution in [0.5, 0.6) is 5.75 Å². The smallest absolute Gasteiger partial charge is 0.343 e. The molecule has 0 unspecified atom stereocenters. The first-order chi connectivity index (χ1) is 11.2. The van der Waals surface area contributed by atoms with E-state index in [0.717, 1.165) is 0 Å². The number of hydrogen-bond donors (Lipinski definition) is 1. The van der Waals surface area contributed by atoms with E-state index in [1.807, 2.05) is 0 Å². The van der Waals surface area contributed by atoms with Crippen molar-refractivity contribution in [1.29, 1.82) is 0 Å². The number of aromatic nitrogens is 3. The molecule has 2 rings (SSSR count). The fourth-order valence-corrected chi connectivity index (χ4v) is 2.84. The number of ether oxygens (including phenoxy) is 2. The first-order valence-electron chi connectivity index (χ1n) is 7.10. The molecule has 0 bridgehead atoms. The number of H-pyrrole nitrogens is 1. The van der Waals surface area contributed by atoms with Gasteiger partial charge in [-0.3, -0.25) is 9.36 Å². The molecule has 0 saturated heterocycles. The number of thioether (sulfide) groups is 1. The maximum Gasteiger partial charge on any atom is 0.343 e. The zero-order valence-corrected chi connectivity index (χ0v) is 13.9. The van der Waals surface area contributed by atoms with Crippen molar-refractivity contribution in [2.24, 2.45) is 0 Å². The van der Waals surface area contributed by atoms with Crippen molar-refractivity contribution in [2.75, 3.05) is 26.6 Å². The summed E-state index contributed by atoms with van der Waals surface area (Å²) >= 11 is 1.24. The van der Waals surface area contributed by atoms with E-state index in [0.29, 0.717) is 36.0 Å². The largest absolute Gasteiger partial charge is 0.497 e. The molecule has 2 aromatic rings. The van der Waals surface area contributed by atoms with Crippen LogP contribution in [0.4, 0.5) is 0 Å². The van der Waals surface area contributed by atoms with Crippen molar-refractivity contribution in [2.45, 2.75) is 18.1 Å². The molecule has 8 heteroatoms. The van der Waals surface area contributed by atoms with Gasteiger partial charge in [-0.05, 0) is 30.7 Å². The SMILES string of the molecule is COCCCn1c(SCC(=O)c2ccc(OC)cc2)n[nH]c1=O. The van der Waals surface area contributed by atoms with Crippen molar-refractivity contribution in [3.05, 3.63) is 40.3 Å². The van der Waals surface area contributed by atoms with Crippen molar-refractivity contribution in [1.82, 2.24) is 14.8 Å². The summed E-state index contributed by atoms with van der Waals surface area (Å²) in [5.41, 5.74) is 0.322. The third-order valence-corrected chi connectivity index (χ3v) is 4.17. The van der Waals surface area contributed by atoms with E-state index >= 15 is 0 Å². The second-order valence-corrected chi connectivity index (χ2v) is 5.69. The van der Waals surface area contributed by atoms with Crippen molar-refractivity contribution in [3.8, 4) is 5.75 Å². The monoisotopic (exact) mass is 337 g/mol. The topological polar surface area (TPSA) is 86.2 Å². The Labute approximate surface area is 138 Å². The molecule has 1 aromatic heterocycles. The molecule has 0 amide bonds. The molecule has 1 aromatic carbocycles. The van der Waals surface area contributed by atoms with E-state index in [9.17, 15) is 9.59 Å². The number of carbonyl (C=O) groups excluding carboxylic acids is 1. The summed E-state index contributed by atoms with van der Waals surface area (Å²) < 4.78 is 11.6. The third kappa shape index (κ3) is 4.70. The highest BCUT2D eigenvalue weighted by Crippen LogP contribution is 2.17. The van der Waals surface area contributed by atoms with Gasteiger partial charge in [0, 0.05) is 25.8 Å². The molecule has 7 nitrogen and oxygen atoms in total. The van der Waals surface area contributed by atoms with Gasteiger partial charge in [0.1, 0.15) is 5.75 Å². The first-order valence-corrected chi connectivity index (χ1v) is 8.08. The van der Waals surface area contributed by atoms with Crippen LogP contribution in [0.25, 0.3) is 0 Å². The molecule has 0 fully saturated rings. The Kier molecular flexibility index (Phi) is 6.42. The Morgan fingerprint density at radius 3 is 2.70 bits per heavy atom. The molecule has 23 heavy (non-hydrogen) atoms. The number of methoxy groups -OCH3 is 2. The predicted octanol–water partition coefficient (Wildman–Crippen LogP) is 1.59. The quantitative estimate of drug-likeness (QED) is 0.425. The molecule has 0 radical (unpaired) electrons. The van der Waals surface area contributed by atoms with Crippen molar-refractivity contribution >= 4 is 17.5 Å². The van der Waals surface area contributed by atoms with Crippen molar-refractivity contribution in [3.63, 3.8) is 0 Å². The van der Waals surface area contributed by atoms with E-state index in [1.165, 1.54) is 16.3 Å². The average Bonchev–Trinajstić information content (AvgIpc) is 2.93. The summed E-state index contributed by atoms with van der Waals surface area (Å²) in [5, 5.41) is 6.88. The molecule has 0 spiro atoms. The molecule has 1 N–H and O–H groups in total. The molecule has 0 saturated carbocycles. The highest BCUT2D eigenvalue weighted by atomic mass is 32.2. The van der Waals surface area contributed by atoms with Crippen LogP contribution in [0.1, 0.15) is 16.8 Å². The van der Waals surface area contributed by atoms with Gasteiger partial charge in [-0.1, -0.05) is 11.8 Å². The van der Waals surface area contributed by atoms with Crippen LogP contribution >= 0.6 is 11.8 Å². The summed E-state index contributed by atoms with van der Waals surface area (Å²) in [5.74, 6) is 0.881. The minimum atomic E-state index is -0.277. The second kappa shape index (κ2) is 8.54. The van der Waals surface area contributed by atoms with Crippen LogP contribution in [0.2, 0.25) is 0 Å². The second-order valence-electron chi connectivity index (χ2n) is 4.75. The number of ketones is 1. The zero-order chi connectivity index (χ0) is 16.7. The number of nitrogens with zero attached hydrogens (tertiary/aromatic N) is 2. The number of nitrogens with one attached hydrogen (secondary N) is 1. The van der Waals surface area contributed by atoms with E-state index in [1.54, 1.807) is 38.5 Å². The lowest BCUT2D eigenvalue weighted by molar-refractivity contribution is 0.102. The summed E-state index contributed by atoms with van der Waals surface area (Å²) in [6.07, 6.45) is 0.704. The van der Waals surface area contributed by atoms with Crippen LogP contribution in [0.3, 0.4) is 0 Å². The lowest BCUT2D eigenvalue weighted by Crippen LogP contribution is -2.18. The van der Waals surface area contributed by atoms with Gasteiger partial charge in [-0.15, -0.1) is 5.10 Å². The minimum Gasteiger partial charge on any atom is -0.497 e. The molecule has 0 aliphatic carbocycles. The van der Waals surface area contributed by atoms with Crippen LogP contribution in [-0.4, -0.2) is 47.1 Å². The maximum absolute atomic E-state index is 12.2. The Balaban J connectivity index is 1.97. The fraction of sp³-hybridized carbons (Fsp3) is 0.400. The van der Waals surface area contributed by atoms with Gasteiger partial charge in [0.25, 0.3) is 0 Å². The average molecular weight is 337 g/mol. The van der Waals surface area contributed by atoms with E-state index < -0.39 is 0 Å². The predicted molar refractivity (Wildman–Crippen MR) is 87.4 cm³/mol. The van der Waals surface area contributed by atoms with Gasteiger partial charge in [0.05, 0.1) is 12.9 Å². The van der Waals surface area contributed by atoms with Crippen LogP contribution in [0.15, 0.2) is 34.2 Å². The van der Waals surface area contributed by atoms with E-state index in [-0.39, 0.29) is 17.2 Å². The molecule has 0 atom stereocenters. The van der Waals surface area contributed by atoms with Crippen LogP contribution < -0.4 is 10.4 Å². The summed E-state index contributed by atoms with van der Waals surface area (Å²) in [4.78, 5) is 23.9. The lowest BCUT2D eigenvalue weighted by Gasteiger charge is -2.05. The van der Waals surface area contributed by atoms with Gasteiger partial charge in [-0.25, -0.2) is 9.89 Å². The fourth-order valence-electron chi connectivity index (χ4n) is 1.97. The van der Waals surface area contributed by atoms with Crippen LogP contribution in [-0.2, 0) is 11.3 Å². The number of rotatable bonds is 9. The molecular formula is C15H19N3O4S. The first kappa shape index (κ1) is 17.3. The van der Waals surface area contributed by atoms with E-state index in [4.69, 9.17) is 9.47 Å². The highest BCUT2D eigenvalue weighted by Gasteiger charge is 2.12. The van der Waals surface area contributed by atoms with Gasteiger partial charge >= 0.3 is 5.69 Å². The van der Waals surface area contributed by atoms with Crippen molar-refractivity contribution < 1.29 is 14.3 Å². The molecule has 124 valence electrons. The molecular weight excluding hydrogens is 318 g/mol. The standard InChI is InChI=1S/C15H19N3O4S/c1-21-9-3-8-18-14(20)16-17-15(18)23-10-13(19)11-4-6-12(22-2)7-5-11/h4-7H,3,8-10H2,1-2H3,(H,16,20). The van der Waals surface area contributed by atoms with Gasteiger partial charge in [0.15, 0.2) is 10.9 Å². The van der Waals surface area contributed by atoms with Gasteiger partial charge in [-0.2, -0.15) is 0 Å². The Morgan fingerprint density at radius 2 is 2.04 bits per heavy atom. The zero-order valence-electron chi connectivity index (χ0n) is 13.1. The van der Waals surface area contributed by atoms with Crippen LogP contribution in [0, 0.1) is 0 Å². The summed E-state index contributed by atoms with van der Waals surface area (Å²) in [6, 6.07) is 6.93. The number of aromatic amines is 1. The summed E-state index contributed by atoms with van der Waals surface area (Å²) in [7, 11) is 3.19. The Bertz CT molecular complexity index is 693. The maximum atomic E-state index is 12.2. The number of Topliss-reactive ketones (excluding diaryl/α,β-unsaturated/α-hetero) is 1. The number of carbonyl (C=O) groups is 1. The van der Waals surface area contributed by atoms with E-state index in [2.05, 4.69) is 10.2 Å². The lowest BCUT2D eigenvalue weighted by atomic mass is 10.1. The van der Waals surface area contributed by atoms with Gasteiger partial charge in [0.2, 0.25) is 0 Å². The number of benzene rings is 1. The normalized spacial score (nSPS) is 10.7. The van der Waals surface area contributed by atoms with Gasteiger partial charge < -0.3 is 9.47 Å². The highest BCUT2D eigenvalue weighted by molar-refractivity contribution is 7.99. The molecule has 0 aliphatic heterocycles.